The molecule has 7 heteroatoms. The first-order chi connectivity index (χ1) is 12.2. The van der Waals surface area contributed by atoms with E-state index in [9.17, 15) is 10.1 Å². The molecule has 132 valence electrons. The summed E-state index contributed by atoms with van der Waals surface area (Å²) in [6.07, 6.45) is 4.50. The van der Waals surface area contributed by atoms with Crippen LogP contribution in [0.4, 0.5) is 0 Å². The molecular weight excluding hydrogens is 336 g/mol. The van der Waals surface area contributed by atoms with Crippen LogP contribution in [0.3, 0.4) is 0 Å². The molecule has 1 fully saturated rings. The van der Waals surface area contributed by atoms with E-state index in [0.717, 1.165) is 42.6 Å². The molecule has 0 spiro atoms. The van der Waals surface area contributed by atoms with Crippen LogP contribution in [0.2, 0.25) is 0 Å². The molecule has 0 aromatic carbocycles. The van der Waals surface area contributed by atoms with E-state index in [2.05, 4.69) is 17.9 Å². The van der Waals surface area contributed by atoms with Crippen LogP contribution in [0.5, 0.6) is 0 Å². The van der Waals surface area contributed by atoms with Crippen LogP contribution < -0.4 is 5.56 Å². The van der Waals surface area contributed by atoms with Crippen molar-refractivity contribution in [2.24, 2.45) is 0 Å². The largest absolute Gasteiger partial charge is 0.376 e. The van der Waals surface area contributed by atoms with Crippen LogP contribution in [-0.2, 0) is 30.7 Å². The van der Waals surface area contributed by atoms with E-state index in [-0.39, 0.29) is 18.2 Å². The number of hydrogen-bond acceptors (Lipinski definition) is 6. The highest BCUT2D eigenvalue weighted by Gasteiger charge is 2.24. The van der Waals surface area contributed by atoms with Gasteiger partial charge in [0.2, 0.25) is 0 Å². The molecule has 2 aromatic rings. The Morgan fingerprint density at radius 1 is 1.40 bits per heavy atom. The molecule has 0 radical (unpaired) electrons. The molecule has 2 aromatic heterocycles. The van der Waals surface area contributed by atoms with E-state index in [1.807, 2.05) is 0 Å². The number of nitrogens with zero attached hydrogens (tertiary/aromatic N) is 4. The fraction of sp³-hybridized carbons (Fsp3) is 0.611. The Hall–Kier alpha value is -1.75. The summed E-state index contributed by atoms with van der Waals surface area (Å²) in [6, 6.07) is 2.13. The maximum atomic E-state index is 13.1. The lowest BCUT2D eigenvalue weighted by Crippen LogP contribution is -2.42. The summed E-state index contributed by atoms with van der Waals surface area (Å²) >= 11 is 1.67. The van der Waals surface area contributed by atoms with Crippen molar-refractivity contribution in [1.82, 2.24) is 14.5 Å². The molecule has 1 atom stereocenters. The van der Waals surface area contributed by atoms with Gasteiger partial charge in [0, 0.05) is 18.0 Å². The van der Waals surface area contributed by atoms with Gasteiger partial charge in [-0.15, -0.1) is 11.3 Å². The van der Waals surface area contributed by atoms with Gasteiger partial charge in [0.25, 0.3) is 5.56 Å². The molecule has 3 heterocycles. The van der Waals surface area contributed by atoms with E-state index in [0.29, 0.717) is 19.0 Å². The molecule has 1 aliphatic heterocycles. The van der Waals surface area contributed by atoms with E-state index < -0.39 is 0 Å². The molecule has 0 N–H and O–H groups in total. The van der Waals surface area contributed by atoms with Crippen molar-refractivity contribution in [3.63, 3.8) is 0 Å². The van der Waals surface area contributed by atoms with Gasteiger partial charge >= 0.3 is 0 Å². The lowest BCUT2D eigenvalue weighted by atomic mass is 9.97. The third kappa shape index (κ3) is 3.10. The standard InChI is InChI=1S/C18H22N4O2S/c1-12-10-21(8-9-24-12)11-15-20-17-16(18(23)22(15)7-6-19)13-4-2-3-5-14(13)25-17/h12H,2-5,7-11H2,1H3/t12-/m0/s1. The Labute approximate surface area is 150 Å². The van der Waals surface area contributed by atoms with Crippen LogP contribution in [0, 0.1) is 11.3 Å². The number of aromatic nitrogens is 2. The SMILES string of the molecule is C[C@H]1CN(Cc2nc3sc4c(c3c(=O)n2CC#N)CCCC4)CCO1. The molecular formula is C18H22N4O2S. The number of aryl methyl sites for hydroxylation is 2. The average molecular weight is 358 g/mol. The molecule has 1 saturated heterocycles. The quantitative estimate of drug-likeness (QED) is 0.840. The summed E-state index contributed by atoms with van der Waals surface area (Å²) < 4.78 is 7.17. The van der Waals surface area contributed by atoms with E-state index in [1.165, 1.54) is 16.9 Å². The number of thiophene rings is 1. The number of ether oxygens (including phenoxy) is 1. The Morgan fingerprint density at radius 3 is 3.04 bits per heavy atom. The second-order valence-electron chi connectivity index (χ2n) is 6.89. The van der Waals surface area contributed by atoms with Gasteiger partial charge in [-0.1, -0.05) is 0 Å². The highest BCUT2D eigenvalue weighted by Crippen LogP contribution is 2.33. The van der Waals surface area contributed by atoms with Crippen LogP contribution in [0.1, 0.15) is 36.0 Å². The Kier molecular flexibility index (Phi) is 4.59. The van der Waals surface area contributed by atoms with Crippen LogP contribution in [0.25, 0.3) is 10.2 Å². The molecule has 0 saturated carbocycles. The number of rotatable bonds is 3. The van der Waals surface area contributed by atoms with Crippen molar-refractivity contribution in [3.05, 3.63) is 26.6 Å². The Morgan fingerprint density at radius 2 is 2.24 bits per heavy atom. The molecule has 0 amide bonds. The molecule has 2 aliphatic rings. The zero-order valence-corrected chi connectivity index (χ0v) is 15.3. The normalized spacial score (nSPS) is 21.2. The number of morpholine rings is 1. The van der Waals surface area contributed by atoms with Crippen LogP contribution in [0.15, 0.2) is 4.79 Å². The summed E-state index contributed by atoms with van der Waals surface area (Å²) in [5.74, 6) is 0.701. The fourth-order valence-corrected chi connectivity index (χ4v) is 5.14. The maximum absolute atomic E-state index is 13.1. The summed E-state index contributed by atoms with van der Waals surface area (Å²) in [7, 11) is 0. The molecule has 0 unspecified atom stereocenters. The smallest absolute Gasteiger partial charge is 0.263 e. The predicted octanol–water partition coefficient (Wildman–Crippen LogP) is 2.08. The van der Waals surface area contributed by atoms with Crippen molar-refractivity contribution in [3.8, 4) is 6.07 Å². The van der Waals surface area contributed by atoms with Crippen LogP contribution in [-0.4, -0.2) is 40.3 Å². The zero-order valence-electron chi connectivity index (χ0n) is 14.5. The van der Waals surface area contributed by atoms with Gasteiger partial charge in [-0.25, -0.2) is 4.98 Å². The minimum atomic E-state index is -0.0396. The average Bonchev–Trinajstić information content (AvgIpc) is 2.96. The summed E-state index contributed by atoms with van der Waals surface area (Å²) in [5, 5.41) is 9.97. The highest BCUT2D eigenvalue weighted by molar-refractivity contribution is 7.18. The van der Waals surface area contributed by atoms with Gasteiger partial charge in [-0.05, 0) is 38.2 Å². The van der Waals surface area contributed by atoms with Crippen LogP contribution >= 0.6 is 11.3 Å². The lowest BCUT2D eigenvalue weighted by molar-refractivity contribution is -0.0223. The second-order valence-corrected chi connectivity index (χ2v) is 7.97. The number of fused-ring (bicyclic) bond motifs is 3. The maximum Gasteiger partial charge on any atom is 0.263 e. The van der Waals surface area contributed by atoms with E-state index >= 15 is 0 Å². The summed E-state index contributed by atoms with van der Waals surface area (Å²) in [6.45, 7) is 5.04. The third-order valence-electron chi connectivity index (χ3n) is 5.07. The monoisotopic (exact) mass is 358 g/mol. The molecule has 0 bridgehead atoms. The summed E-state index contributed by atoms with van der Waals surface area (Å²) in [4.78, 5) is 22.4. The Balaban J connectivity index is 1.79. The van der Waals surface area contributed by atoms with Crippen molar-refractivity contribution < 1.29 is 4.74 Å². The first kappa shape index (κ1) is 16.7. The Bertz CT molecular complexity index is 895. The summed E-state index contributed by atoms with van der Waals surface area (Å²) in [5.41, 5.74) is 1.14. The molecule has 4 rings (SSSR count). The minimum Gasteiger partial charge on any atom is -0.376 e. The van der Waals surface area contributed by atoms with Gasteiger partial charge in [0.15, 0.2) is 0 Å². The van der Waals surface area contributed by atoms with Crippen molar-refractivity contribution in [2.75, 3.05) is 19.7 Å². The van der Waals surface area contributed by atoms with Crippen molar-refractivity contribution in [1.29, 1.82) is 5.26 Å². The van der Waals surface area contributed by atoms with Gasteiger partial charge in [0.05, 0.1) is 30.7 Å². The van der Waals surface area contributed by atoms with Gasteiger partial charge in [-0.3, -0.25) is 14.3 Å². The second kappa shape index (κ2) is 6.87. The van der Waals surface area contributed by atoms with Gasteiger partial charge in [0.1, 0.15) is 17.2 Å². The van der Waals surface area contributed by atoms with Gasteiger partial charge in [-0.2, -0.15) is 5.26 Å². The lowest BCUT2D eigenvalue weighted by Gasteiger charge is -2.31. The molecule has 1 aliphatic carbocycles. The van der Waals surface area contributed by atoms with Crippen molar-refractivity contribution in [2.45, 2.75) is 51.8 Å². The number of nitriles is 1. The fourth-order valence-electron chi connectivity index (χ4n) is 3.87. The highest BCUT2D eigenvalue weighted by atomic mass is 32.1. The van der Waals surface area contributed by atoms with Crippen molar-refractivity contribution >= 4 is 21.6 Å². The van der Waals surface area contributed by atoms with E-state index in [1.54, 1.807) is 15.9 Å². The topological polar surface area (TPSA) is 71.2 Å². The zero-order chi connectivity index (χ0) is 17.4. The molecule has 6 nitrogen and oxygen atoms in total. The number of hydrogen-bond donors (Lipinski definition) is 0. The predicted molar refractivity (Wildman–Crippen MR) is 96.8 cm³/mol. The van der Waals surface area contributed by atoms with Gasteiger partial charge < -0.3 is 4.74 Å². The first-order valence-electron chi connectivity index (χ1n) is 8.92. The molecule has 25 heavy (non-hydrogen) atoms. The first-order valence-corrected chi connectivity index (χ1v) is 9.74. The van der Waals surface area contributed by atoms with E-state index in [4.69, 9.17) is 9.72 Å². The third-order valence-corrected chi connectivity index (χ3v) is 6.26. The minimum absolute atomic E-state index is 0.0396.